The number of rotatable bonds is 4. The lowest BCUT2D eigenvalue weighted by Gasteiger charge is -2.33. The predicted molar refractivity (Wildman–Crippen MR) is 95.1 cm³/mol. The first kappa shape index (κ1) is 16.4. The average Bonchev–Trinajstić information content (AvgIpc) is 2.62. The molecule has 2 heterocycles. The average molecular weight is 324 g/mol. The third-order valence-electron chi connectivity index (χ3n) is 4.35. The number of para-hydroxylation sites is 1. The van der Waals surface area contributed by atoms with Crippen LogP contribution < -0.4 is 5.32 Å². The molecule has 0 aliphatic carbocycles. The summed E-state index contributed by atoms with van der Waals surface area (Å²) in [6.07, 6.45) is 3.87. The Labute approximate surface area is 143 Å². The molecule has 1 fully saturated rings. The van der Waals surface area contributed by atoms with Gasteiger partial charge >= 0.3 is 0 Å². The highest BCUT2D eigenvalue weighted by molar-refractivity contribution is 5.78. The van der Waals surface area contributed by atoms with E-state index >= 15 is 0 Å². The molecule has 126 valence electrons. The number of nitrogens with one attached hydrogen (secondary N) is 1. The van der Waals surface area contributed by atoms with E-state index < -0.39 is 0 Å². The van der Waals surface area contributed by atoms with Crippen molar-refractivity contribution >= 4 is 17.5 Å². The Morgan fingerprint density at radius 3 is 2.79 bits per heavy atom. The van der Waals surface area contributed by atoms with Crippen molar-refractivity contribution in [3.8, 4) is 0 Å². The topological polar surface area (TPSA) is 58.1 Å². The Hall–Kier alpha value is -2.43. The number of piperidine rings is 1. The lowest BCUT2D eigenvalue weighted by Crippen LogP contribution is -2.41. The van der Waals surface area contributed by atoms with Gasteiger partial charge in [-0.1, -0.05) is 32.0 Å². The maximum atomic E-state index is 12.3. The standard InChI is InChI=1S/C19H24N4O/c1-14(2)18(24)23-12-6-7-15(13-23)17-10-11-20-19(22-17)21-16-8-4-3-5-9-16/h3-5,8-11,14-15H,6-7,12-13H2,1-2H3,(H,20,21,22)/t15-/m0/s1. The molecule has 5 nitrogen and oxygen atoms in total. The van der Waals surface area contributed by atoms with Crippen LogP contribution in [0, 0.1) is 5.92 Å². The zero-order valence-corrected chi connectivity index (χ0v) is 14.3. The van der Waals surface area contributed by atoms with Gasteiger partial charge in [0, 0.05) is 36.8 Å². The Bertz CT molecular complexity index is 687. The van der Waals surface area contributed by atoms with Crippen molar-refractivity contribution in [3.05, 3.63) is 48.3 Å². The number of aromatic nitrogens is 2. The van der Waals surface area contributed by atoms with Gasteiger partial charge in [0.1, 0.15) is 0 Å². The number of likely N-dealkylation sites (tertiary alicyclic amines) is 1. The number of carbonyl (C=O) groups is 1. The largest absolute Gasteiger partial charge is 0.342 e. The molecule has 1 atom stereocenters. The number of hydrogen-bond donors (Lipinski definition) is 1. The van der Waals surface area contributed by atoms with Crippen LogP contribution in [0.3, 0.4) is 0 Å². The number of hydrogen-bond acceptors (Lipinski definition) is 4. The van der Waals surface area contributed by atoms with Gasteiger partial charge in [-0.05, 0) is 31.0 Å². The second-order valence-electron chi connectivity index (χ2n) is 6.57. The molecule has 0 unspecified atom stereocenters. The monoisotopic (exact) mass is 324 g/mol. The molecular formula is C19H24N4O. The maximum absolute atomic E-state index is 12.3. The lowest BCUT2D eigenvalue weighted by molar-refractivity contribution is -0.135. The maximum Gasteiger partial charge on any atom is 0.227 e. The van der Waals surface area contributed by atoms with Crippen LogP contribution in [-0.2, 0) is 4.79 Å². The van der Waals surface area contributed by atoms with Crippen LogP contribution in [0.15, 0.2) is 42.6 Å². The quantitative estimate of drug-likeness (QED) is 0.934. The Morgan fingerprint density at radius 2 is 2.04 bits per heavy atom. The van der Waals surface area contributed by atoms with Crippen LogP contribution in [0.5, 0.6) is 0 Å². The van der Waals surface area contributed by atoms with Gasteiger partial charge in [-0.3, -0.25) is 4.79 Å². The van der Waals surface area contributed by atoms with Gasteiger partial charge < -0.3 is 10.2 Å². The molecule has 0 spiro atoms. The normalized spacial score (nSPS) is 17.8. The molecule has 1 aromatic heterocycles. The number of amides is 1. The predicted octanol–water partition coefficient (Wildman–Crippen LogP) is 3.58. The van der Waals surface area contributed by atoms with Gasteiger partial charge in [0.2, 0.25) is 11.9 Å². The highest BCUT2D eigenvalue weighted by Crippen LogP contribution is 2.27. The summed E-state index contributed by atoms with van der Waals surface area (Å²) in [6.45, 7) is 5.52. The van der Waals surface area contributed by atoms with Crippen molar-refractivity contribution in [3.63, 3.8) is 0 Å². The molecular weight excluding hydrogens is 300 g/mol. The Kier molecular flexibility index (Phi) is 5.08. The van der Waals surface area contributed by atoms with Gasteiger partial charge in [0.15, 0.2) is 0 Å². The molecule has 0 saturated carbocycles. The zero-order valence-electron chi connectivity index (χ0n) is 14.3. The van der Waals surface area contributed by atoms with E-state index in [1.165, 1.54) is 0 Å². The summed E-state index contributed by atoms with van der Waals surface area (Å²) in [5.41, 5.74) is 1.97. The SMILES string of the molecule is CC(C)C(=O)N1CCC[C@H](c2ccnc(Nc3ccccc3)n2)C1. The summed E-state index contributed by atoms with van der Waals surface area (Å²) in [5, 5.41) is 3.23. The van der Waals surface area contributed by atoms with E-state index in [1.54, 1.807) is 6.20 Å². The summed E-state index contributed by atoms with van der Waals surface area (Å²) in [4.78, 5) is 23.2. The van der Waals surface area contributed by atoms with Crippen molar-refractivity contribution in [1.82, 2.24) is 14.9 Å². The molecule has 3 rings (SSSR count). The van der Waals surface area contributed by atoms with Crippen LogP contribution in [0.1, 0.15) is 38.3 Å². The summed E-state index contributed by atoms with van der Waals surface area (Å²) < 4.78 is 0. The fourth-order valence-electron chi connectivity index (χ4n) is 3.09. The zero-order chi connectivity index (χ0) is 16.9. The number of benzene rings is 1. The van der Waals surface area contributed by atoms with Crippen LogP contribution in [0.2, 0.25) is 0 Å². The van der Waals surface area contributed by atoms with E-state index in [-0.39, 0.29) is 17.7 Å². The number of nitrogens with zero attached hydrogens (tertiary/aromatic N) is 3. The lowest BCUT2D eigenvalue weighted by atomic mass is 9.94. The molecule has 0 bridgehead atoms. The number of anilines is 2. The van der Waals surface area contributed by atoms with Crippen LogP contribution in [0.4, 0.5) is 11.6 Å². The van der Waals surface area contributed by atoms with Gasteiger partial charge in [-0.25, -0.2) is 9.97 Å². The highest BCUT2D eigenvalue weighted by Gasteiger charge is 2.26. The van der Waals surface area contributed by atoms with Gasteiger partial charge in [-0.15, -0.1) is 0 Å². The van der Waals surface area contributed by atoms with E-state index in [2.05, 4.69) is 15.3 Å². The molecule has 5 heteroatoms. The van der Waals surface area contributed by atoms with Crippen LogP contribution >= 0.6 is 0 Å². The fourth-order valence-corrected chi connectivity index (χ4v) is 3.09. The first-order chi connectivity index (χ1) is 11.6. The van der Waals surface area contributed by atoms with Crippen molar-refractivity contribution in [2.75, 3.05) is 18.4 Å². The molecule has 24 heavy (non-hydrogen) atoms. The minimum atomic E-state index is 0.0458. The van der Waals surface area contributed by atoms with E-state index in [4.69, 9.17) is 0 Å². The summed E-state index contributed by atoms with van der Waals surface area (Å²) in [7, 11) is 0. The van der Waals surface area contributed by atoms with Gasteiger partial charge in [0.25, 0.3) is 0 Å². The van der Waals surface area contributed by atoms with E-state index in [1.807, 2.05) is 55.1 Å². The first-order valence-electron chi connectivity index (χ1n) is 8.57. The van der Waals surface area contributed by atoms with Gasteiger partial charge in [0.05, 0.1) is 5.69 Å². The summed E-state index contributed by atoms with van der Waals surface area (Å²) >= 11 is 0. The van der Waals surface area contributed by atoms with E-state index in [9.17, 15) is 4.79 Å². The third kappa shape index (κ3) is 3.91. The molecule has 1 saturated heterocycles. The second kappa shape index (κ2) is 7.43. The first-order valence-corrected chi connectivity index (χ1v) is 8.57. The molecule has 1 amide bonds. The van der Waals surface area contributed by atoms with Crippen molar-refractivity contribution in [2.24, 2.45) is 5.92 Å². The highest BCUT2D eigenvalue weighted by atomic mass is 16.2. The summed E-state index contributed by atoms with van der Waals surface area (Å²) in [5.74, 6) is 1.16. The smallest absolute Gasteiger partial charge is 0.227 e. The van der Waals surface area contributed by atoms with Crippen LogP contribution in [-0.4, -0.2) is 33.9 Å². The molecule has 1 aliphatic heterocycles. The third-order valence-corrected chi connectivity index (χ3v) is 4.35. The molecule has 1 N–H and O–H groups in total. The molecule has 2 aromatic rings. The molecule has 1 aromatic carbocycles. The number of carbonyl (C=O) groups excluding carboxylic acids is 1. The minimum Gasteiger partial charge on any atom is -0.342 e. The van der Waals surface area contributed by atoms with E-state index in [0.717, 1.165) is 37.3 Å². The van der Waals surface area contributed by atoms with Crippen molar-refractivity contribution < 1.29 is 4.79 Å². The molecule has 1 aliphatic rings. The fraction of sp³-hybridized carbons (Fsp3) is 0.421. The van der Waals surface area contributed by atoms with Crippen molar-refractivity contribution in [1.29, 1.82) is 0 Å². The van der Waals surface area contributed by atoms with Gasteiger partial charge in [-0.2, -0.15) is 0 Å². The Morgan fingerprint density at radius 1 is 1.25 bits per heavy atom. The molecule has 0 radical (unpaired) electrons. The Balaban J connectivity index is 1.72. The summed E-state index contributed by atoms with van der Waals surface area (Å²) in [6, 6.07) is 11.9. The van der Waals surface area contributed by atoms with Crippen LogP contribution in [0.25, 0.3) is 0 Å². The van der Waals surface area contributed by atoms with E-state index in [0.29, 0.717) is 5.95 Å². The van der Waals surface area contributed by atoms with Crippen molar-refractivity contribution in [2.45, 2.75) is 32.6 Å². The second-order valence-corrected chi connectivity index (χ2v) is 6.57. The minimum absolute atomic E-state index is 0.0458.